The van der Waals surface area contributed by atoms with Crippen molar-refractivity contribution in [1.29, 1.82) is 0 Å². The van der Waals surface area contributed by atoms with Crippen LogP contribution in [0.1, 0.15) is 56.4 Å². The molecule has 1 aromatic rings. The number of rotatable bonds is 5. The first-order valence-corrected chi connectivity index (χ1v) is 6.89. The topological polar surface area (TPSA) is 0 Å². The molecule has 0 aliphatic rings. The van der Waals surface area contributed by atoms with Crippen LogP contribution < -0.4 is 0 Å². The number of hydrogen-bond acceptors (Lipinski definition) is 1. The summed E-state index contributed by atoms with van der Waals surface area (Å²) in [5.74, 6) is 0. The van der Waals surface area contributed by atoms with E-state index in [1.54, 1.807) is 0 Å². The fourth-order valence-corrected chi connectivity index (χ4v) is 2.25. The molecule has 0 saturated heterocycles. The molecule has 0 radical (unpaired) electrons. The summed E-state index contributed by atoms with van der Waals surface area (Å²) >= 11 is 5.38. The Bertz CT molecular complexity index is 574. The van der Waals surface area contributed by atoms with Gasteiger partial charge >= 0.3 is 0 Å². The van der Waals surface area contributed by atoms with Crippen LogP contribution in [0.15, 0.2) is 31.9 Å². The zero-order chi connectivity index (χ0) is 14.7. The minimum Gasteiger partial charge on any atom is -0.0955 e. The molecule has 0 amide bonds. The van der Waals surface area contributed by atoms with Gasteiger partial charge in [0.1, 0.15) is 0 Å². The molecule has 0 fully saturated rings. The lowest BCUT2D eigenvalue weighted by molar-refractivity contribution is 1.24. The molecule has 0 aliphatic carbocycles. The van der Waals surface area contributed by atoms with E-state index in [2.05, 4.69) is 38.8 Å². The van der Waals surface area contributed by atoms with Crippen molar-refractivity contribution in [3.63, 3.8) is 0 Å². The first-order valence-electron chi connectivity index (χ1n) is 6.48. The molecule has 100 valence electrons. The lowest BCUT2D eigenvalue weighted by atomic mass is 9.88. The van der Waals surface area contributed by atoms with Gasteiger partial charge in [-0.2, -0.15) is 0 Å². The Morgan fingerprint density at radius 2 is 1.32 bits per heavy atom. The van der Waals surface area contributed by atoms with E-state index in [-0.39, 0.29) is 0 Å². The molecule has 0 heterocycles. The summed E-state index contributed by atoms with van der Waals surface area (Å²) in [6, 6.07) is 4.29. The van der Waals surface area contributed by atoms with Crippen molar-refractivity contribution >= 4 is 33.8 Å². The molecule has 1 aromatic carbocycles. The maximum atomic E-state index is 5.38. The van der Waals surface area contributed by atoms with Gasteiger partial charge < -0.3 is 0 Å². The molecule has 19 heavy (non-hydrogen) atoms. The Balaban J connectivity index is 3.69. The number of hydrogen-bond donors (Lipinski definition) is 0. The van der Waals surface area contributed by atoms with Crippen LogP contribution in [-0.2, 0) is 0 Å². The number of allylic oxidation sites excluding steroid dienone is 3. The van der Waals surface area contributed by atoms with Crippen molar-refractivity contribution in [2.45, 2.75) is 34.1 Å². The third-order valence-corrected chi connectivity index (χ3v) is 3.48. The van der Waals surface area contributed by atoms with Crippen LogP contribution in [0, 0.1) is 0 Å². The SMILES string of the molecule is C=C(C)c1cc(C(=C)CC)c(C(C)=S)cc1C(=C)C. The predicted molar refractivity (Wildman–Crippen MR) is 92.6 cm³/mol. The molecule has 0 N–H and O–H groups in total. The molecule has 1 heteroatoms. The first kappa shape index (κ1) is 15.6. The average Bonchev–Trinajstić information content (AvgIpc) is 2.35. The molecule has 1 rings (SSSR count). The van der Waals surface area contributed by atoms with Crippen molar-refractivity contribution in [2.75, 3.05) is 0 Å². The smallest absolute Gasteiger partial charge is 0.0199 e. The van der Waals surface area contributed by atoms with E-state index in [0.29, 0.717) is 0 Å². The molecule has 0 unspecified atom stereocenters. The van der Waals surface area contributed by atoms with Gasteiger partial charge in [-0.15, -0.1) is 0 Å². The quantitative estimate of drug-likeness (QED) is 0.473. The predicted octanol–water partition coefficient (Wildman–Crippen LogP) is 5.91. The van der Waals surface area contributed by atoms with Crippen LogP contribution in [0.25, 0.3) is 16.7 Å². The summed E-state index contributed by atoms with van der Waals surface area (Å²) in [5, 5.41) is 0. The Kier molecular flexibility index (Phi) is 5.02. The molecule has 0 bridgehead atoms. The monoisotopic (exact) mass is 270 g/mol. The van der Waals surface area contributed by atoms with Crippen LogP contribution in [0.2, 0.25) is 0 Å². The normalized spacial score (nSPS) is 10.1. The van der Waals surface area contributed by atoms with Crippen molar-refractivity contribution < 1.29 is 0 Å². The Hall–Kier alpha value is -1.47. The largest absolute Gasteiger partial charge is 0.0955 e. The van der Waals surface area contributed by atoms with E-state index < -0.39 is 0 Å². The molecule has 0 nitrogen and oxygen atoms in total. The Labute approximate surface area is 122 Å². The maximum absolute atomic E-state index is 5.38. The molecular weight excluding hydrogens is 248 g/mol. The summed E-state index contributed by atoms with van der Waals surface area (Å²) in [7, 11) is 0. The van der Waals surface area contributed by atoms with Crippen LogP contribution in [-0.4, -0.2) is 4.86 Å². The fourth-order valence-electron chi connectivity index (χ4n) is 2.08. The van der Waals surface area contributed by atoms with E-state index in [1.807, 2.05) is 20.8 Å². The van der Waals surface area contributed by atoms with E-state index in [9.17, 15) is 0 Å². The van der Waals surface area contributed by atoms with Crippen molar-refractivity contribution in [3.05, 3.63) is 54.1 Å². The summed E-state index contributed by atoms with van der Waals surface area (Å²) in [4.78, 5) is 0.889. The van der Waals surface area contributed by atoms with Gasteiger partial charge in [0, 0.05) is 4.86 Å². The molecular formula is C18H22S. The van der Waals surface area contributed by atoms with Crippen molar-refractivity contribution in [1.82, 2.24) is 0 Å². The standard InChI is InChI=1S/C18H22S/c1-8-13(6)17-9-15(11(2)3)16(12(4)5)10-18(17)14(7)19/h9-10H,2,4,6,8H2,1,3,5,7H3. The zero-order valence-corrected chi connectivity index (χ0v) is 13.2. The lowest BCUT2D eigenvalue weighted by Crippen LogP contribution is -2.02. The second-order valence-corrected chi connectivity index (χ2v) is 5.63. The van der Waals surface area contributed by atoms with Crippen LogP contribution in [0.4, 0.5) is 0 Å². The molecule has 0 spiro atoms. The van der Waals surface area contributed by atoms with Crippen molar-refractivity contribution in [3.8, 4) is 0 Å². The highest BCUT2D eigenvalue weighted by Gasteiger charge is 2.13. The van der Waals surface area contributed by atoms with Gasteiger partial charge in [-0.05, 0) is 67.2 Å². The van der Waals surface area contributed by atoms with Gasteiger partial charge in [0.05, 0.1) is 0 Å². The van der Waals surface area contributed by atoms with Gasteiger partial charge in [0.15, 0.2) is 0 Å². The minimum atomic E-state index is 0.889. The summed E-state index contributed by atoms with van der Waals surface area (Å²) < 4.78 is 0. The van der Waals surface area contributed by atoms with E-state index >= 15 is 0 Å². The Morgan fingerprint density at radius 1 is 0.895 bits per heavy atom. The Morgan fingerprint density at radius 3 is 1.63 bits per heavy atom. The van der Waals surface area contributed by atoms with Gasteiger partial charge in [-0.3, -0.25) is 0 Å². The van der Waals surface area contributed by atoms with E-state index in [4.69, 9.17) is 12.2 Å². The van der Waals surface area contributed by atoms with Crippen molar-refractivity contribution in [2.24, 2.45) is 0 Å². The molecule has 0 aliphatic heterocycles. The fraction of sp³-hybridized carbons (Fsp3) is 0.278. The van der Waals surface area contributed by atoms with Crippen LogP contribution in [0.3, 0.4) is 0 Å². The summed E-state index contributed by atoms with van der Waals surface area (Å²) in [6.07, 6.45) is 0.914. The van der Waals surface area contributed by atoms with Gasteiger partial charge in [-0.25, -0.2) is 0 Å². The highest BCUT2D eigenvalue weighted by molar-refractivity contribution is 7.80. The van der Waals surface area contributed by atoms with Gasteiger partial charge in [0.25, 0.3) is 0 Å². The summed E-state index contributed by atoms with van der Waals surface area (Å²) in [6.45, 7) is 20.4. The minimum absolute atomic E-state index is 0.889. The number of benzene rings is 1. The third kappa shape index (κ3) is 3.30. The highest BCUT2D eigenvalue weighted by atomic mass is 32.1. The highest BCUT2D eigenvalue weighted by Crippen LogP contribution is 2.31. The second kappa shape index (κ2) is 6.12. The van der Waals surface area contributed by atoms with Gasteiger partial charge in [0.2, 0.25) is 0 Å². The lowest BCUT2D eigenvalue weighted by Gasteiger charge is -2.17. The van der Waals surface area contributed by atoms with E-state index in [0.717, 1.165) is 50.3 Å². The number of thiocarbonyl (C=S) groups is 1. The van der Waals surface area contributed by atoms with Crippen LogP contribution >= 0.6 is 12.2 Å². The van der Waals surface area contributed by atoms with Crippen LogP contribution in [0.5, 0.6) is 0 Å². The zero-order valence-electron chi connectivity index (χ0n) is 12.4. The first-order chi connectivity index (χ1) is 8.79. The van der Waals surface area contributed by atoms with Gasteiger partial charge in [-0.1, -0.05) is 50.0 Å². The average molecular weight is 270 g/mol. The second-order valence-electron chi connectivity index (χ2n) is 5.02. The summed E-state index contributed by atoms with van der Waals surface area (Å²) in [5.41, 5.74) is 7.66. The van der Waals surface area contributed by atoms with E-state index in [1.165, 1.54) is 0 Å². The molecule has 0 saturated carbocycles. The maximum Gasteiger partial charge on any atom is 0.0199 e. The molecule has 0 aromatic heterocycles. The molecule has 0 atom stereocenters. The third-order valence-electron chi connectivity index (χ3n) is 3.26.